The Labute approximate surface area is 188 Å². The number of amides is 2. The third-order valence-electron chi connectivity index (χ3n) is 5.76. The van der Waals surface area contributed by atoms with Crippen LogP contribution >= 0.6 is 0 Å². The molecule has 0 atom stereocenters. The number of para-hydroxylation sites is 1. The van der Waals surface area contributed by atoms with Crippen molar-refractivity contribution in [1.82, 2.24) is 25.3 Å². The second-order valence-electron chi connectivity index (χ2n) is 7.85. The summed E-state index contributed by atoms with van der Waals surface area (Å²) >= 11 is 0. The molecule has 1 fully saturated rings. The first-order chi connectivity index (χ1) is 16.1. The largest absolute Gasteiger partial charge is 0.463 e. The van der Waals surface area contributed by atoms with Gasteiger partial charge in [-0.25, -0.2) is 4.39 Å². The van der Waals surface area contributed by atoms with Crippen molar-refractivity contribution in [3.8, 4) is 11.5 Å². The Morgan fingerprint density at radius 1 is 1.03 bits per heavy atom. The number of nitrogens with one attached hydrogen (secondary N) is 3. The van der Waals surface area contributed by atoms with E-state index in [1.54, 1.807) is 47.6 Å². The Kier molecular flexibility index (Phi) is 5.47. The third kappa shape index (κ3) is 4.27. The lowest BCUT2D eigenvalue weighted by Gasteiger charge is -2.30. The van der Waals surface area contributed by atoms with Crippen molar-refractivity contribution in [3.63, 3.8) is 0 Å². The van der Waals surface area contributed by atoms with Gasteiger partial charge in [-0.15, -0.1) is 0 Å². The van der Waals surface area contributed by atoms with Crippen LogP contribution in [0.15, 0.2) is 59.2 Å². The lowest BCUT2D eigenvalue weighted by atomic mass is 9.93. The van der Waals surface area contributed by atoms with E-state index in [9.17, 15) is 14.0 Å². The van der Waals surface area contributed by atoms with Gasteiger partial charge in [-0.05, 0) is 43.2 Å². The molecule has 3 aromatic heterocycles. The van der Waals surface area contributed by atoms with Gasteiger partial charge in [0.15, 0.2) is 17.1 Å². The SMILES string of the molecule is O=C(Nc1ccccc1F)c1cc(C2CCN(C(=O)c3cc(-c4ccco4)[nH]n3)CC2)[nH]n1. The van der Waals surface area contributed by atoms with E-state index in [1.807, 2.05) is 0 Å². The van der Waals surface area contributed by atoms with Crippen LogP contribution < -0.4 is 5.32 Å². The number of carbonyl (C=O) groups excluding carboxylic acids is 2. The average Bonchev–Trinajstić information content (AvgIpc) is 3.61. The zero-order chi connectivity index (χ0) is 22.8. The number of rotatable bonds is 5. The predicted octanol–water partition coefficient (Wildman–Crippen LogP) is 3.80. The molecule has 3 N–H and O–H groups in total. The molecule has 1 aliphatic rings. The molecule has 10 heteroatoms. The van der Waals surface area contributed by atoms with Crippen molar-refractivity contribution >= 4 is 17.5 Å². The third-order valence-corrected chi connectivity index (χ3v) is 5.76. The Morgan fingerprint density at radius 2 is 1.82 bits per heavy atom. The van der Waals surface area contributed by atoms with E-state index in [-0.39, 0.29) is 23.2 Å². The molecule has 0 spiro atoms. The molecular formula is C23H21FN6O3. The molecule has 1 aromatic carbocycles. The minimum absolute atomic E-state index is 0.104. The summed E-state index contributed by atoms with van der Waals surface area (Å²) in [6.07, 6.45) is 3.00. The number of anilines is 1. The van der Waals surface area contributed by atoms with Crippen LogP contribution in [0.2, 0.25) is 0 Å². The molecule has 0 radical (unpaired) electrons. The first kappa shape index (κ1) is 20.7. The Hall–Kier alpha value is -4.21. The highest BCUT2D eigenvalue weighted by atomic mass is 19.1. The highest BCUT2D eigenvalue weighted by Gasteiger charge is 2.27. The summed E-state index contributed by atoms with van der Waals surface area (Å²) in [6, 6.07) is 12.9. The second kappa shape index (κ2) is 8.73. The Bertz CT molecular complexity index is 1270. The van der Waals surface area contributed by atoms with E-state index in [2.05, 4.69) is 25.7 Å². The van der Waals surface area contributed by atoms with Gasteiger partial charge in [-0.1, -0.05) is 12.1 Å². The number of nitrogens with zero attached hydrogens (tertiary/aromatic N) is 3. The molecule has 1 saturated heterocycles. The number of furan rings is 1. The van der Waals surface area contributed by atoms with Crippen LogP contribution in [0.1, 0.15) is 45.4 Å². The van der Waals surface area contributed by atoms with Gasteiger partial charge in [0, 0.05) is 30.8 Å². The minimum Gasteiger partial charge on any atom is -0.463 e. The number of piperidine rings is 1. The average molecular weight is 448 g/mol. The summed E-state index contributed by atoms with van der Waals surface area (Å²) in [6.45, 7) is 1.12. The Balaban J connectivity index is 1.18. The van der Waals surface area contributed by atoms with Crippen LogP contribution in [0.25, 0.3) is 11.5 Å². The molecule has 2 amide bonds. The fraction of sp³-hybridized carbons (Fsp3) is 0.217. The summed E-state index contributed by atoms with van der Waals surface area (Å²) in [5.41, 5.74) is 2.10. The number of hydrogen-bond acceptors (Lipinski definition) is 5. The zero-order valence-electron chi connectivity index (χ0n) is 17.5. The molecule has 33 heavy (non-hydrogen) atoms. The van der Waals surface area contributed by atoms with E-state index < -0.39 is 11.7 Å². The first-order valence-electron chi connectivity index (χ1n) is 10.6. The molecule has 0 bridgehead atoms. The highest BCUT2D eigenvalue weighted by molar-refractivity contribution is 6.03. The van der Waals surface area contributed by atoms with Crippen molar-refractivity contribution in [2.45, 2.75) is 18.8 Å². The minimum atomic E-state index is -0.508. The Morgan fingerprint density at radius 3 is 2.58 bits per heavy atom. The molecule has 0 aliphatic carbocycles. The number of carbonyl (C=O) groups is 2. The van der Waals surface area contributed by atoms with Crippen LogP contribution in [0, 0.1) is 5.82 Å². The van der Waals surface area contributed by atoms with Crippen molar-refractivity contribution < 1.29 is 18.4 Å². The molecule has 168 valence electrons. The molecule has 0 saturated carbocycles. The standard InChI is InChI=1S/C23H21FN6O3/c24-15-4-1-2-5-16(15)25-22(31)19-12-17(26-28-19)14-7-9-30(10-8-14)23(32)20-13-18(27-29-20)21-6-3-11-33-21/h1-6,11-14H,7-10H2,(H,25,31)(H,26,28)(H,27,29). The number of aromatic amines is 2. The predicted molar refractivity (Wildman–Crippen MR) is 117 cm³/mol. The van der Waals surface area contributed by atoms with Gasteiger partial charge >= 0.3 is 0 Å². The molecule has 4 heterocycles. The maximum Gasteiger partial charge on any atom is 0.276 e. The van der Waals surface area contributed by atoms with Crippen molar-refractivity contribution in [3.05, 3.63) is 77.7 Å². The molecule has 4 aromatic rings. The summed E-state index contributed by atoms with van der Waals surface area (Å²) < 4.78 is 19.1. The summed E-state index contributed by atoms with van der Waals surface area (Å²) in [4.78, 5) is 27.0. The van der Waals surface area contributed by atoms with Gasteiger partial charge in [-0.2, -0.15) is 10.2 Å². The molecule has 1 aliphatic heterocycles. The fourth-order valence-electron chi connectivity index (χ4n) is 3.96. The smallest absolute Gasteiger partial charge is 0.276 e. The summed E-state index contributed by atoms with van der Waals surface area (Å²) in [7, 11) is 0. The van der Waals surface area contributed by atoms with Crippen LogP contribution in [0.5, 0.6) is 0 Å². The van der Waals surface area contributed by atoms with Crippen LogP contribution in [-0.2, 0) is 0 Å². The van der Waals surface area contributed by atoms with Crippen LogP contribution in [0.3, 0.4) is 0 Å². The maximum absolute atomic E-state index is 13.8. The quantitative estimate of drug-likeness (QED) is 0.429. The highest BCUT2D eigenvalue weighted by Crippen LogP contribution is 2.28. The van der Waals surface area contributed by atoms with E-state index in [1.165, 1.54) is 12.1 Å². The summed E-state index contributed by atoms with van der Waals surface area (Å²) in [5.74, 6) is -0.381. The molecule has 5 rings (SSSR count). The van der Waals surface area contributed by atoms with Crippen LogP contribution in [0.4, 0.5) is 10.1 Å². The number of halogens is 1. The second-order valence-corrected chi connectivity index (χ2v) is 7.85. The first-order valence-corrected chi connectivity index (χ1v) is 10.6. The van der Waals surface area contributed by atoms with E-state index in [0.29, 0.717) is 30.2 Å². The van der Waals surface area contributed by atoms with Crippen molar-refractivity contribution in [1.29, 1.82) is 0 Å². The van der Waals surface area contributed by atoms with E-state index in [0.717, 1.165) is 18.5 Å². The van der Waals surface area contributed by atoms with Gasteiger partial charge in [-0.3, -0.25) is 19.8 Å². The van der Waals surface area contributed by atoms with Gasteiger partial charge in [0.25, 0.3) is 11.8 Å². The summed E-state index contributed by atoms with van der Waals surface area (Å²) in [5, 5.41) is 16.5. The number of H-pyrrole nitrogens is 2. The van der Waals surface area contributed by atoms with Gasteiger partial charge in [0.2, 0.25) is 0 Å². The lowest BCUT2D eigenvalue weighted by molar-refractivity contribution is 0.0706. The zero-order valence-corrected chi connectivity index (χ0v) is 17.5. The maximum atomic E-state index is 13.8. The number of benzene rings is 1. The number of hydrogen-bond donors (Lipinski definition) is 3. The number of aromatic nitrogens is 4. The monoisotopic (exact) mass is 448 g/mol. The van der Waals surface area contributed by atoms with Gasteiger partial charge < -0.3 is 14.6 Å². The lowest BCUT2D eigenvalue weighted by Crippen LogP contribution is -2.38. The van der Waals surface area contributed by atoms with Crippen molar-refractivity contribution in [2.75, 3.05) is 18.4 Å². The topological polar surface area (TPSA) is 120 Å². The molecular weight excluding hydrogens is 427 g/mol. The van der Waals surface area contributed by atoms with Gasteiger partial charge in [0.1, 0.15) is 11.5 Å². The van der Waals surface area contributed by atoms with E-state index >= 15 is 0 Å². The van der Waals surface area contributed by atoms with Gasteiger partial charge in [0.05, 0.1) is 12.0 Å². The molecule has 0 unspecified atom stereocenters. The molecule has 9 nitrogen and oxygen atoms in total. The normalized spacial score (nSPS) is 14.4. The van der Waals surface area contributed by atoms with Crippen LogP contribution in [-0.4, -0.2) is 50.2 Å². The number of likely N-dealkylation sites (tertiary alicyclic amines) is 1. The van der Waals surface area contributed by atoms with E-state index in [4.69, 9.17) is 4.42 Å². The van der Waals surface area contributed by atoms with Crippen molar-refractivity contribution in [2.24, 2.45) is 0 Å². The fourth-order valence-corrected chi connectivity index (χ4v) is 3.96.